The minimum Gasteiger partial charge on any atom is -0.349 e. The Morgan fingerprint density at radius 3 is 2.50 bits per heavy atom. The quantitative estimate of drug-likeness (QED) is 0.639. The molecule has 0 aromatic carbocycles. The Morgan fingerprint density at radius 2 is 1.65 bits per heavy atom. The molecule has 5 fully saturated rings. The van der Waals surface area contributed by atoms with Crippen molar-refractivity contribution >= 4 is 0 Å². The average molecular weight is 282 g/mol. The van der Waals surface area contributed by atoms with Crippen molar-refractivity contribution in [1.29, 1.82) is 0 Å². The number of hydrogen-bond donors (Lipinski definition) is 0. The van der Waals surface area contributed by atoms with E-state index >= 15 is 0 Å². The molecule has 0 amide bonds. The first-order valence-corrected chi connectivity index (χ1v) is 8.21. The van der Waals surface area contributed by atoms with Crippen molar-refractivity contribution in [3.63, 3.8) is 0 Å². The van der Waals surface area contributed by atoms with E-state index in [0.717, 1.165) is 25.9 Å². The van der Waals surface area contributed by atoms with Crippen molar-refractivity contribution < 1.29 is 19.2 Å². The van der Waals surface area contributed by atoms with Gasteiger partial charge in [-0.3, -0.25) is 0 Å². The van der Waals surface area contributed by atoms with Gasteiger partial charge in [0.2, 0.25) is 5.79 Å². The summed E-state index contributed by atoms with van der Waals surface area (Å²) in [4.78, 5) is 11.9. The molecule has 1 spiro atoms. The van der Waals surface area contributed by atoms with Gasteiger partial charge in [-0.2, -0.15) is 0 Å². The summed E-state index contributed by atoms with van der Waals surface area (Å²) >= 11 is 0. The maximum absolute atomic E-state index is 6.24. The summed E-state index contributed by atoms with van der Waals surface area (Å²) in [5.41, 5.74) is -0.385. The second kappa shape index (κ2) is 4.42. The molecule has 114 valence electrons. The van der Waals surface area contributed by atoms with Crippen LogP contribution in [0.1, 0.15) is 52.9 Å². The minimum atomic E-state index is -0.634. The zero-order valence-corrected chi connectivity index (χ0v) is 12.8. The highest BCUT2D eigenvalue weighted by molar-refractivity contribution is 5.07. The topological polar surface area (TPSA) is 36.9 Å². The van der Waals surface area contributed by atoms with Crippen LogP contribution in [0.4, 0.5) is 0 Å². The molecule has 1 aliphatic carbocycles. The van der Waals surface area contributed by atoms with Crippen LogP contribution in [0.3, 0.4) is 0 Å². The van der Waals surface area contributed by atoms with Crippen molar-refractivity contribution in [3.05, 3.63) is 0 Å². The maximum Gasteiger partial charge on any atom is 0.201 e. The first kappa shape index (κ1) is 13.5. The summed E-state index contributed by atoms with van der Waals surface area (Å²) in [7, 11) is 0. The van der Waals surface area contributed by atoms with E-state index in [9.17, 15) is 0 Å². The van der Waals surface area contributed by atoms with E-state index in [1.807, 2.05) is 6.92 Å². The molecule has 0 aromatic heterocycles. The van der Waals surface area contributed by atoms with Gasteiger partial charge in [-0.1, -0.05) is 13.8 Å². The molecule has 1 saturated carbocycles. The Morgan fingerprint density at radius 1 is 0.900 bits per heavy atom. The van der Waals surface area contributed by atoms with Gasteiger partial charge in [0.15, 0.2) is 11.9 Å². The summed E-state index contributed by atoms with van der Waals surface area (Å²) < 4.78 is 12.3. The van der Waals surface area contributed by atoms with Crippen molar-refractivity contribution in [1.82, 2.24) is 0 Å². The fraction of sp³-hybridized carbons (Fsp3) is 1.00. The first-order valence-electron chi connectivity index (χ1n) is 8.21. The van der Waals surface area contributed by atoms with Crippen LogP contribution >= 0.6 is 0 Å². The molecule has 3 unspecified atom stereocenters. The standard InChI is InChI=1S/C16H26O4/c1-10-4-5-12-11(2)7-9-17-14-16(12)13(10)6-8-15(3,18-14)19-20-16/h10-14H,4-9H2,1-3H3/t10-,11+,12?,13+,14-,15?,16?/m1/s1. The lowest BCUT2D eigenvalue weighted by Gasteiger charge is -2.55. The third kappa shape index (κ3) is 1.68. The molecule has 5 aliphatic rings. The predicted molar refractivity (Wildman–Crippen MR) is 72.5 cm³/mol. The SMILES string of the molecule is C[C@@H]1CCC2[C@@H](C)CCO[C@@H]3OC4(C)CC[C@@H]1C23OO4. The van der Waals surface area contributed by atoms with Crippen molar-refractivity contribution in [3.8, 4) is 0 Å². The summed E-state index contributed by atoms with van der Waals surface area (Å²) in [5.74, 6) is 1.58. The normalized spacial score (nSPS) is 58.6. The van der Waals surface area contributed by atoms with Gasteiger partial charge in [0.05, 0.1) is 6.61 Å². The fourth-order valence-corrected chi connectivity index (χ4v) is 5.08. The minimum absolute atomic E-state index is 0.258. The van der Waals surface area contributed by atoms with E-state index in [-0.39, 0.29) is 11.9 Å². The smallest absolute Gasteiger partial charge is 0.201 e. The van der Waals surface area contributed by atoms with Gasteiger partial charge in [0.1, 0.15) is 0 Å². The third-order valence-corrected chi connectivity index (χ3v) is 6.30. The Kier molecular flexibility index (Phi) is 2.98. The van der Waals surface area contributed by atoms with Gasteiger partial charge in [-0.25, -0.2) is 9.78 Å². The summed E-state index contributed by atoms with van der Waals surface area (Å²) in [6.45, 7) is 7.44. The lowest BCUT2D eigenvalue weighted by Crippen LogP contribution is -2.65. The summed E-state index contributed by atoms with van der Waals surface area (Å²) in [5, 5.41) is 0. The van der Waals surface area contributed by atoms with Crippen molar-refractivity contribution in [2.45, 2.75) is 70.6 Å². The van der Waals surface area contributed by atoms with E-state index in [0.29, 0.717) is 23.7 Å². The zero-order chi connectivity index (χ0) is 14.0. The zero-order valence-electron chi connectivity index (χ0n) is 12.8. The Bertz CT molecular complexity index is 400. The number of hydrogen-bond acceptors (Lipinski definition) is 4. The number of rotatable bonds is 0. The molecule has 2 bridgehead atoms. The maximum atomic E-state index is 6.24. The van der Waals surface area contributed by atoms with Gasteiger partial charge in [0, 0.05) is 6.42 Å². The Balaban J connectivity index is 1.82. The monoisotopic (exact) mass is 282 g/mol. The van der Waals surface area contributed by atoms with E-state index in [2.05, 4.69) is 13.8 Å². The molecular formula is C16H26O4. The van der Waals surface area contributed by atoms with Gasteiger partial charge in [-0.15, -0.1) is 0 Å². The van der Waals surface area contributed by atoms with Crippen LogP contribution in [0.2, 0.25) is 0 Å². The van der Waals surface area contributed by atoms with Crippen LogP contribution in [0.15, 0.2) is 0 Å². The van der Waals surface area contributed by atoms with Crippen LogP contribution in [0.5, 0.6) is 0 Å². The summed E-state index contributed by atoms with van der Waals surface area (Å²) in [6.07, 6.45) is 5.32. The highest BCUT2D eigenvalue weighted by atomic mass is 17.3. The Labute approximate surface area is 121 Å². The van der Waals surface area contributed by atoms with Crippen LogP contribution < -0.4 is 0 Å². The van der Waals surface area contributed by atoms with E-state index in [1.165, 1.54) is 12.8 Å². The van der Waals surface area contributed by atoms with Gasteiger partial charge in [-0.05, 0) is 56.3 Å². The average Bonchev–Trinajstić information content (AvgIpc) is 2.71. The van der Waals surface area contributed by atoms with Gasteiger partial charge in [0.25, 0.3) is 0 Å². The van der Waals surface area contributed by atoms with Crippen LogP contribution in [-0.4, -0.2) is 24.3 Å². The molecule has 0 aromatic rings. The van der Waals surface area contributed by atoms with Gasteiger partial charge < -0.3 is 9.47 Å². The molecule has 0 N–H and O–H groups in total. The lowest BCUT2D eigenvalue weighted by molar-refractivity contribution is -0.556. The molecule has 0 radical (unpaired) electrons. The Hall–Kier alpha value is -0.160. The van der Waals surface area contributed by atoms with Gasteiger partial charge >= 0.3 is 0 Å². The number of ether oxygens (including phenoxy) is 2. The molecule has 4 saturated heterocycles. The molecule has 4 heterocycles. The molecule has 4 aliphatic heterocycles. The predicted octanol–water partition coefficient (Wildman–Crippen LogP) is 3.26. The largest absolute Gasteiger partial charge is 0.349 e. The van der Waals surface area contributed by atoms with E-state index in [1.54, 1.807) is 0 Å². The molecule has 4 heteroatoms. The second-order valence-electron chi connectivity index (χ2n) is 7.55. The molecule has 4 nitrogen and oxygen atoms in total. The third-order valence-electron chi connectivity index (χ3n) is 6.30. The van der Waals surface area contributed by atoms with Crippen LogP contribution in [-0.2, 0) is 19.2 Å². The van der Waals surface area contributed by atoms with Crippen LogP contribution in [0.25, 0.3) is 0 Å². The lowest BCUT2D eigenvalue weighted by atomic mass is 9.59. The van der Waals surface area contributed by atoms with E-state index in [4.69, 9.17) is 19.2 Å². The first-order chi connectivity index (χ1) is 9.55. The number of fused-ring (bicyclic) bond motifs is 2. The highest BCUT2D eigenvalue weighted by Gasteiger charge is 2.66. The van der Waals surface area contributed by atoms with Crippen molar-refractivity contribution in [2.24, 2.45) is 23.7 Å². The summed E-state index contributed by atoms with van der Waals surface area (Å²) in [6, 6.07) is 0. The highest BCUT2D eigenvalue weighted by Crippen LogP contribution is 2.58. The van der Waals surface area contributed by atoms with Crippen molar-refractivity contribution in [2.75, 3.05) is 6.61 Å². The molecule has 5 rings (SSSR count). The van der Waals surface area contributed by atoms with Crippen LogP contribution in [0, 0.1) is 23.7 Å². The fourth-order valence-electron chi connectivity index (χ4n) is 5.08. The molecule has 20 heavy (non-hydrogen) atoms. The second-order valence-corrected chi connectivity index (χ2v) is 7.55. The van der Waals surface area contributed by atoms with E-state index < -0.39 is 5.79 Å². The molecular weight excluding hydrogens is 256 g/mol. The molecule has 7 atom stereocenters.